The molecule has 1 aromatic carbocycles. The quantitative estimate of drug-likeness (QED) is 0.693. The highest BCUT2D eigenvalue weighted by atomic mass is 16.3. The summed E-state index contributed by atoms with van der Waals surface area (Å²) in [7, 11) is 0. The summed E-state index contributed by atoms with van der Waals surface area (Å²) >= 11 is 0. The average Bonchev–Trinajstić information content (AvgIpc) is 2.03. The van der Waals surface area contributed by atoms with E-state index in [1.807, 2.05) is 32.0 Å². The van der Waals surface area contributed by atoms with Gasteiger partial charge < -0.3 is 10.8 Å². The van der Waals surface area contributed by atoms with Crippen LogP contribution in [0.25, 0.3) is 0 Å². The molecule has 0 heterocycles. The molecule has 1 atom stereocenters. The second-order valence-corrected chi connectivity index (χ2v) is 3.09. The summed E-state index contributed by atoms with van der Waals surface area (Å²) in [6.45, 7) is 4.03. The van der Waals surface area contributed by atoms with Gasteiger partial charge in [0.05, 0.1) is 12.6 Å². The molecule has 0 aliphatic heterocycles. The molecule has 1 aromatic rings. The molecular weight excluding hydrogens is 150 g/mol. The number of aryl methyl sites for hydroxylation is 2. The smallest absolute Gasteiger partial charge is 0.0624 e. The Balaban J connectivity index is 3.12. The Labute approximate surface area is 73.0 Å². The molecule has 0 amide bonds. The molecule has 2 heteroatoms. The van der Waals surface area contributed by atoms with Crippen LogP contribution < -0.4 is 5.73 Å². The zero-order valence-electron chi connectivity index (χ0n) is 7.54. The minimum absolute atomic E-state index is 0.00565. The summed E-state index contributed by atoms with van der Waals surface area (Å²) in [5.41, 5.74) is 9.11. The molecule has 0 aliphatic carbocycles. The average molecular weight is 165 g/mol. The molecule has 3 N–H and O–H groups in total. The lowest BCUT2D eigenvalue weighted by Gasteiger charge is -2.14. The molecule has 0 spiro atoms. The first kappa shape index (κ1) is 9.23. The zero-order chi connectivity index (χ0) is 9.14. The van der Waals surface area contributed by atoms with E-state index in [0.717, 1.165) is 16.7 Å². The number of hydrogen-bond acceptors (Lipinski definition) is 2. The number of hydrogen-bond donors (Lipinski definition) is 2. The second-order valence-electron chi connectivity index (χ2n) is 3.09. The molecule has 2 nitrogen and oxygen atoms in total. The van der Waals surface area contributed by atoms with Crippen molar-refractivity contribution in [2.45, 2.75) is 19.9 Å². The predicted octanol–water partition coefficient (Wildman–Crippen LogP) is 1.30. The lowest BCUT2D eigenvalue weighted by atomic mass is 9.97. The van der Waals surface area contributed by atoms with E-state index in [-0.39, 0.29) is 12.6 Å². The monoisotopic (exact) mass is 165 g/mol. The number of benzene rings is 1. The summed E-state index contributed by atoms with van der Waals surface area (Å²) < 4.78 is 0. The molecule has 12 heavy (non-hydrogen) atoms. The summed E-state index contributed by atoms with van der Waals surface area (Å²) in [6.07, 6.45) is 0. The van der Waals surface area contributed by atoms with Gasteiger partial charge in [-0.25, -0.2) is 0 Å². The SMILES string of the molecule is Cc1cccc(C)c1[C@H](N)CO. The molecule has 0 aromatic heterocycles. The lowest BCUT2D eigenvalue weighted by Crippen LogP contribution is -2.17. The Kier molecular flexibility index (Phi) is 2.84. The molecule has 0 saturated carbocycles. The number of rotatable bonds is 2. The van der Waals surface area contributed by atoms with Crippen LogP contribution in [-0.4, -0.2) is 11.7 Å². The van der Waals surface area contributed by atoms with Gasteiger partial charge in [0, 0.05) is 0 Å². The third kappa shape index (κ3) is 1.65. The normalized spacial score (nSPS) is 13.0. The van der Waals surface area contributed by atoms with Crippen LogP contribution in [0.1, 0.15) is 22.7 Å². The van der Waals surface area contributed by atoms with E-state index in [1.165, 1.54) is 0 Å². The van der Waals surface area contributed by atoms with Crippen molar-refractivity contribution in [3.05, 3.63) is 34.9 Å². The molecular formula is C10H15NO. The van der Waals surface area contributed by atoms with E-state index in [0.29, 0.717) is 0 Å². The summed E-state index contributed by atoms with van der Waals surface area (Å²) in [4.78, 5) is 0. The third-order valence-electron chi connectivity index (χ3n) is 2.11. The van der Waals surface area contributed by atoms with Crippen LogP contribution in [0, 0.1) is 13.8 Å². The van der Waals surface area contributed by atoms with Gasteiger partial charge >= 0.3 is 0 Å². The van der Waals surface area contributed by atoms with E-state index >= 15 is 0 Å². The van der Waals surface area contributed by atoms with E-state index in [4.69, 9.17) is 10.8 Å². The van der Waals surface area contributed by atoms with Crippen molar-refractivity contribution in [1.82, 2.24) is 0 Å². The Morgan fingerprint density at radius 3 is 2.25 bits per heavy atom. The highest BCUT2D eigenvalue weighted by Gasteiger charge is 2.09. The first-order valence-corrected chi connectivity index (χ1v) is 4.09. The molecule has 1 rings (SSSR count). The fourth-order valence-corrected chi connectivity index (χ4v) is 1.50. The van der Waals surface area contributed by atoms with E-state index in [1.54, 1.807) is 0 Å². The molecule has 0 radical (unpaired) electrons. The minimum Gasteiger partial charge on any atom is -0.394 e. The van der Waals surface area contributed by atoms with Crippen LogP contribution in [0.2, 0.25) is 0 Å². The van der Waals surface area contributed by atoms with E-state index < -0.39 is 0 Å². The van der Waals surface area contributed by atoms with Gasteiger partial charge in [-0.15, -0.1) is 0 Å². The fraction of sp³-hybridized carbons (Fsp3) is 0.400. The molecule has 0 aliphatic rings. The zero-order valence-corrected chi connectivity index (χ0v) is 7.54. The second kappa shape index (κ2) is 3.70. The summed E-state index contributed by atoms with van der Waals surface area (Å²) in [5.74, 6) is 0. The van der Waals surface area contributed by atoms with Crippen molar-refractivity contribution in [3.63, 3.8) is 0 Å². The minimum atomic E-state index is -0.244. The Morgan fingerprint density at radius 2 is 1.83 bits per heavy atom. The van der Waals surface area contributed by atoms with Gasteiger partial charge in [0.2, 0.25) is 0 Å². The first-order valence-electron chi connectivity index (χ1n) is 4.09. The topological polar surface area (TPSA) is 46.2 Å². The van der Waals surface area contributed by atoms with Crippen LogP contribution in [-0.2, 0) is 0 Å². The maximum absolute atomic E-state index is 8.91. The van der Waals surface area contributed by atoms with Crippen molar-refractivity contribution in [3.8, 4) is 0 Å². The molecule has 0 unspecified atom stereocenters. The van der Waals surface area contributed by atoms with Crippen LogP contribution in [0.4, 0.5) is 0 Å². The largest absolute Gasteiger partial charge is 0.394 e. The maximum atomic E-state index is 8.91. The highest BCUT2D eigenvalue weighted by molar-refractivity contribution is 5.35. The molecule has 0 bridgehead atoms. The first-order chi connectivity index (χ1) is 5.66. The standard InChI is InChI=1S/C10H15NO/c1-7-4-3-5-8(2)10(7)9(11)6-12/h3-5,9,12H,6,11H2,1-2H3/t9-/m1/s1. The number of aliphatic hydroxyl groups is 1. The van der Waals surface area contributed by atoms with Crippen molar-refractivity contribution < 1.29 is 5.11 Å². The molecule has 66 valence electrons. The van der Waals surface area contributed by atoms with Gasteiger partial charge in [-0.1, -0.05) is 18.2 Å². The predicted molar refractivity (Wildman–Crippen MR) is 49.9 cm³/mol. The molecule has 0 saturated heterocycles. The van der Waals surface area contributed by atoms with Crippen molar-refractivity contribution >= 4 is 0 Å². The van der Waals surface area contributed by atoms with E-state index in [9.17, 15) is 0 Å². The number of aliphatic hydroxyl groups excluding tert-OH is 1. The Hall–Kier alpha value is -0.860. The van der Waals surface area contributed by atoms with Crippen molar-refractivity contribution in [2.75, 3.05) is 6.61 Å². The highest BCUT2D eigenvalue weighted by Crippen LogP contribution is 2.19. The van der Waals surface area contributed by atoms with Crippen molar-refractivity contribution in [2.24, 2.45) is 5.73 Å². The van der Waals surface area contributed by atoms with Crippen LogP contribution in [0.15, 0.2) is 18.2 Å². The van der Waals surface area contributed by atoms with Gasteiger partial charge in [0.1, 0.15) is 0 Å². The van der Waals surface area contributed by atoms with Gasteiger partial charge in [-0.3, -0.25) is 0 Å². The fourth-order valence-electron chi connectivity index (χ4n) is 1.50. The Morgan fingerprint density at radius 1 is 1.33 bits per heavy atom. The van der Waals surface area contributed by atoms with Crippen LogP contribution in [0.3, 0.4) is 0 Å². The third-order valence-corrected chi connectivity index (χ3v) is 2.11. The molecule has 0 fully saturated rings. The van der Waals surface area contributed by atoms with Crippen LogP contribution >= 0.6 is 0 Å². The van der Waals surface area contributed by atoms with Gasteiger partial charge in [-0.05, 0) is 30.5 Å². The van der Waals surface area contributed by atoms with Gasteiger partial charge in [0.25, 0.3) is 0 Å². The summed E-state index contributed by atoms with van der Waals surface area (Å²) in [6, 6.07) is 5.78. The van der Waals surface area contributed by atoms with Gasteiger partial charge in [0.15, 0.2) is 0 Å². The maximum Gasteiger partial charge on any atom is 0.0624 e. The van der Waals surface area contributed by atoms with Crippen molar-refractivity contribution in [1.29, 1.82) is 0 Å². The summed E-state index contributed by atoms with van der Waals surface area (Å²) in [5, 5.41) is 8.91. The van der Waals surface area contributed by atoms with Gasteiger partial charge in [-0.2, -0.15) is 0 Å². The Bertz CT molecular complexity index is 250. The lowest BCUT2D eigenvalue weighted by molar-refractivity contribution is 0.267. The number of nitrogens with two attached hydrogens (primary N) is 1. The van der Waals surface area contributed by atoms with Crippen LogP contribution in [0.5, 0.6) is 0 Å². The van der Waals surface area contributed by atoms with E-state index in [2.05, 4.69) is 0 Å².